The lowest BCUT2D eigenvalue weighted by molar-refractivity contribution is -0.127. The molecule has 2 aromatic carbocycles. The third-order valence-electron chi connectivity index (χ3n) is 4.33. The second-order valence-corrected chi connectivity index (χ2v) is 5.57. The number of hydrogen-bond acceptors (Lipinski definition) is 5. The van der Waals surface area contributed by atoms with Gasteiger partial charge in [-0.2, -0.15) is 5.26 Å². The Morgan fingerprint density at radius 2 is 1.92 bits per heavy atom. The van der Waals surface area contributed by atoms with E-state index in [4.69, 9.17) is 14.2 Å². The molecular weight excluding hydrogens is 308 g/mol. The van der Waals surface area contributed by atoms with Crippen molar-refractivity contribution in [3.05, 3.63) is 48.0 Å². The molecule has 0 aliphatic carbocycles. The van der Waals surface area contributed by atoms with E-state index in [9.17, 15) is 10.1 Å². The van der Waals surface area contributed by atoms with Crippen molar-refractivity contribution < 1.29 is 19.0 Å². The highest BCUT2D eigenvalue weighted by molar-refractivity contribution is 6.05. The summed E-state index contributed by atoms with van der Waals surface area (Å²) in [5.41, 5.74) is 1.58. The maximum atomic E-state index is 12.4. The normalized spacial score (nSPS) is 21.2. The van der Waals surface area contributed by atoms with Crippen LogP contribution in [0.2, 0.25) is 0 Å². The van der Waals surface area contributed by atoms with Crippen LogP contribution in [0, 0.1) is 17.2 Å². The van der Waals surface area contributed by atoms with Gasteiger partial charge in [0, 0.05) is 5.69 Å². The van der Waals surface area contributed by atoms with Gasteiger partial charge in [-0.05, 0) is 42.0 Å². The van der Waals surface area contributed by atoms with Gasteiger partial charge in [-0.15, -0.1) is 0 Å². The number of amides is 1. The SMILES string of the molecule is COc1ccc(N2C(=O)[C@@H](C#N)[C@H]2c2ccc3c(c2)OCO3)cc1. The largest absolute Gasteiger partial charge is 0.497 e. The number of hydrogen-bond donors (Lipinski definition) is 0. The summed E-state index contributed by atoms with van der Waals surface area (Å²) in [5.74, 6) is 1.12. The van der Waals surface area contributed by atoms with Gasteiger partial charge in [-0.1, -0.05) is 6.07 Å². The standard InChI is InChI=1S/C18H14N2O4/c1-22-13-5-3-12(4-6-13)20-17(14(9-19)18(20)21)11-2-7-15-16(8-11)24-10-23-15/h2-8,14,17H,10H2,1H3/t14-,17+/m0/s1. The number of benzene rings is 2. The van der Waals surface area contributed by atoms with Crippen LogP contribution in [0.1, 0.15) is 11.6 Å². The summed E-state index contributed by atoms with van der Waals surface area (Å²) in [6, 6.07) is 14.5. The molecular formula is C18H14N2O4. The van der Waals surface area contributed by atoms with Crippen LogP contribution >= 0.6 is 0 Å². The fourth-order valence-corrected chi connectivity index (χ4v) is 3.08. The minimum atomic E-state index is -0.701. The number of carbonyl (C=O) groups excluding carboxylic acids is 1. The molecule has 1 fully saturated rings. The number of anilines is 1. The van der Waals surface area contributed by atoms with Crippen molar-refractivity contribution in [3.63, 3.8) is 0 Å². The van der Waals surface area contributed by atoms with Crippen LogP contribution in [-0.4, -0.2) is 19.8 Å². The Kier molecular flexibility index (Phi) is 3.28. The molecule has 0 saturated carbocycles. The average molecular weight is 322 g/mol. The van der Waals surface area contributed by atoms with Crippen LogP contribution < -0.4 is 19.1 Å². The number of ether oxygens (including phenoxy) is 3. The van der Waals surface area contributed by atoms with Crippen LogP contribution in [0.25, 0.3) is 0 Å². The summed E-state index contributed by atoms with van der Waals surface area (Å²) in [6.45, 7) is 0.187. The highest BCUT2D eigenvalue weighted by atomic mass is 16.7. The molecule has 24 heavy (non-hydrogen) atoms. The zero-order valence-electron chi connectivity index (χ0n) is 12.9. The molecule has 120 valence electrons. The van der Waals surface area contributed by atoms with E-state index in [1.54, 1.807) is 30.2 Å². The monoisotopic (exact) mass is 322 g/mol. The van der Waals surface area contributed by atoms with Crippen LogP contribution in [0.4, 0.5) is 5.69 Å². The Balaban J connectivity index is 1.70. The Morgan fingerprint density at radius 1 is 1.17 bits per heavy atom. The van der Waals surface area contributed by atoms with E-state index in [0.29, 0.717) is 17.2 Å². The average Bonchev–Trinajstić information content (AvgIpc) is 3.08. The quantitative estimate of drug-likeness (QED) is 0.812. The van der Waals surface area contributed by atoms with Gasteiger partial charge in [-0.25, -0.2) is 0 Å². The first kappa shape index (κ1) is 14.4. The molecule has 0 aromatic heterocycles. The van der Waals surface area contributed by atoms with Crippen LogP contribution in [0.3, 0.4) is 0 Å². The lowest BCUT2D eigenvalue weighted by atomic mass is 9.82. The minimum Gasteiger partial charge on any atom is -0.497 e. The lowest BCUT2D eigenvalue weighted by Crippen LogP contribution is -2.54. The number of carbonyl (C=O) groups is 1. The first-order valence-corrected chi connectivity index (χ1v) is 7.49. The molecule has 2 heterocycles. The van der Waals surface area contributed by atoms with Crippen LogP contribution in [0.5, 0.6) is 17.2 Å². The second kappa shape index (κ2) is 5.46. The number of nitriles is 1. The molecule has 1 amide bonds. The number of fused-ring (bicyclic) bond motifs is 1. The molecule has 0 unspecified atom stereocenters. The van der Waals surface area contributed by atoms with Crippen LogP contribution in [-0.2, 0) is 4.79 Å². The zero-order valence-corrected chi connectivity index (χ0v) is 12.9. The third-order valence-corrected chi connectivity index (χ3v) is 4.33. The van der Waals surface area contributed by atoms with Crippen molar-refractivity contribution in [3.8, 4) is 23.3 Å². The molecule has 4 rings (SSSR count). The van der Waals surface area contributed by atoms with E-state index >= 15 is 0 Å². The van der Waals surface area contributed by atoms with Gasteiger partial charge < -0.3 is 19.1 Å². The van der Waals surface area contributed by atoms with Gasteiger partial charge >= 0.3 is 0 Å². The number of β-lactam (4-membered cyclic amide) rings is 1. The zero-order chi connectivity index (χ0) is 16.7. The van der Waals surface area contributed by atoms with Gasteiger partial charge in [0.05, 0.1) is 19.2 Å². The van der Waals surface area contributed by atoms with Crippen molar-refractivity contribution in [1.29, 1.82) is 5.26 Å². The predicted molar refractivity (Wildman–Crippen MR) is 84.9 cm³/mol. The second-order valence-electron chi connectivity index (χ2n) is 5.57. The van der Waals surface area contributed by atoms with E-state index < -0.39 is 5.92 Å². The minimum absolute atomic E-state index is 0.187. The highest BCUT2D eigenvalue weighted by Gasteiger charge is 2.49. The summed E-state index contributed by atoms with van der Waals surface area (Å²) >= 11 is 0. The van der Waals surface area contributed by atoms with E-state index in [-0.39, 0.29) is 18.7 Å². The summed E-state index contributed by atoms with van der Waals surface area (Å²) < 4.78 is 15.9. The fraction of sp³-hybridized carbons (Fsp3) is 0.222. The van der Waals surface area contributed by atoms with Gasteiger partial charge in [0.2, 0.25) is 12.7 Å². The Bertz CT molecular complexity index is 841. The summed E-state index contributed by atoms with van der Waals surface area (Å²) in [5, 5.41) is 9.36. The smallest absolute Gasteiger partial charge is 0.247 e. The molecule has 1 saturated heterocycles. The molecule has 0 N–H and O–H groups in total. The van der Waals surface area contributed by atoms with E-state index in [0.717, 1.165) is 11.3 Å². The Labute approximate surface area is 138 Å². The van der Waals surface area contributed by atoms with E-state index in [1.165, 1.54) is 0 Å². The van der Waals surface area contributed by atoms with Crippen LogP contribution in [0.15, 0.2) is 42.5 Å². The molecule has 6 heteroatoms. The maximum Gasteiger partial charge on any atom is 0.247 e. The summed E-state index contributed by atoms with van der Waals surface area (Å²) in [7, 11) is 1.59. The van der Waals surface area contributed by atoms with Gasteiger partial charge in [0.1, 0.15) is 5.75 Å². The number of rotatable bonds is 3. The lowest BCUT2D eigenvalue weighted by Gasteiger charge is -2.44. The fourth-order valence-electron chi connectivity index (χ4n) is 3.08. The van der Waals surface area contributed by atoms with E-state index in [1.807, 2.05) is 24.3 Å². The molecule has 2 aromatic rings. The molecule has 0 spiro atoms. The highest BCUT2D eigenvalue weighted by Crippen LogP contribution is 2.45. The van der Waals surface area contributed by atoms with Crippen molar-refractivity contribution in [2.45, 2.75) is 6.04 Å². The van der Waals surface area contributed by atoms with Crippen molar-refractivity contribution in [2.24, 2.45) is 5.92 Å². The first-order chi connectivity index (χ1) is 11.7. The first-order valence-electron chi connectivity index (χ1n) is 7.49. The molecule has 2 aliphatic heterocycles. The summed E-state index contributed by atoms with van der Waals surface area (Å²) in [4.78, 5) is 14.0. The van der Waals surface area contributed by atoms with Gasteiger partial charge in [0.15, 0.2) is 17.4 Å². The van der Waals surface area contributed by atoms with Crippen molar-refractivity contribution >= 4 is 11.6 Å². The molecule has 0 bridgehead atoms. The molecule has 6 nitrogen and oxygen atoms in total. The third kappa shape index (κ3) is 2.06. The van der Waals surface area contributed by atoms with E-state index in [2.05, 4.69) is 6.07 Å². The molecule has 0 radical (unpaired) electrons. The van der Waals surface area contributed by atoms with Crippen molar-refractivity contribution in [1.82, 2.24) is 0 Å². The van der Waals surface area contributed by atoms with Gasteiger partial charge in [-0.3, -0.25) is 4.79 Å². The molecule has 2 aliphatic rings. The molecule has 2 atom stereocenters. The number of methoxy groups -OCH3 is 1. The van der Waals surface area contributed by atoms with Crippen molar-refractivity contribution in [2.75, 3.05) is 18.8 Å². The summed E-state index contributed by atoms with van der Waals surface area (Å²) in [6.07, 6.45) is 0. The predicted octanol–water partition coefficient (Wildman–Crippen LogP) is 2.65. The van der Waals surface area contributed by atoms with Gasteiger partial charge in [0.25, 0.3) is 0 Å². The maximum absolute atomic E-state index is 12.4. The number of nitrogens with zero attached hydrogens (tertiary/aromatic N) is 2. The topological polar surface area (TPSA) is 71.8 Å². The Morgan fingerprint density at radius 3 is 2.62 bits per heavy atom. The Hall–Kier alpha value is -3.20.